The molecule has 0 aliphatic carbocycles. The molecule has 24 heavy (non-hydrogen) atoms. The molecule has 2 saturated heterocycles. The van der Waals surface area contributed by atoms with Crippen LogP contribution in [0.2, 0.25) is 0 Å². The quantitative estimate of drug-likeness (QED) is 0.834. The van der Waals surface area contributed by atoms with Crippen LogP contribution in [0.5, 0.6) is 0 Å². The Kier molecular flexibility index (Phi) is 4.27. The molecule has 128 valence electrons. The van der Waals surface area contributed by atoms with Gasteiger partial charge in [-0.15, -0.1) is 0 Å². The molecule has 0 unspecified atom stereocenters. The number of amides is 2. The monoisotopic (exact) mass is 328 g/mol. The highest BCUT2D eigenvalue weighted by Crippen LogP contribution is 2.31. The van der Waals surface area contributed by atoms with Gasteiger partial charge in [0, 0.05) is 44.5 Å². The van der Waals surface area contributed by atoms with Gasteiger partial charge in [-0.1, -0.05) is 18.2 Å². The van der Waals surface area contributed by atoms with E-state index in [0.717, 1.165) is 37.9 Å². The summed E-state index contributed by atoms with van der Waals surface area (Å²) in [7, 11) is 0. The van der Waals surface area contributed by atoms with Crippen molar-refractivity contribution in [2.45, 2.75) is 38.1 Å². The molecule has 3 aliphatic rings. The number of hydrogen-bond acceptors (Lipinski definition) is 3. The lowest BCUT2D eigenvalue weighted by molar-refractivity contribution is -0.131. The number of benzene rings is 1. The fourth-order valence-electron chi connectivity index (χ4n) is 4.23. The molecule has 0 aromatic heterocycles. The molecule has 0 bridgehead atoms. The summed E-state index contributed by atoms with van der Waals surface area (Å²) >= 11 is 0. The average Bonchev–Trinajstić information content (AvgIpc) is 3.03. The molecule has 4 rings (SSSR count). The Morgan fingerprint density at radius 3 is 2.79 bits per heavy atom. The van der Waals surface area contributed by atoms with Crippen LogP contribution in [0.4, 0.5) is 5.69 Å². The summed E-state index contributed by atoms with van der Waals surface area (Å²) in [5.74, 6) is 0.0436. The number of carbonyl (C=O) groups excluding carboxylic acids is 2. The van der Waals surface area contributed by atoms with E-state index in [2.05, 4.69) is 6.07 Å². The number of anilines is 1. The molecule has 2 amide bonds. The van der Waals surface area contributed by atoms with Crippen molar-refractivity contribution in [2.75, 3.05) is 31.2 Å². The van der Waals surface area contributed by atoms with Crippen LogP contribution in [-0.2, 0) is 20.7 Å². The van der Waals surface area contributed by atoms with E-state index < -0.39 is 0 Å². The molecule has 3 aliphatic heterocycles. The van der Waals surface area contributed by atoms with Gasteiger partial charge >= 0.3 is 0 Å². The van der Waals surface area contributed by atoms with Crippen LogP contribution in [0.25, 0.3) is 0 Å². The van der Waals surface area contributed by atoms with Crippen molar-refractivity contribution in [3.63, 3.8) is 0 Å². The van der Waals surface area contributed by atoms with Crippen LogP contribution < -0.4 is 4.90 Å². The molecule has 0 saturated carbocycles. The first kappa shape index (κ1) is 15.6. The smallest absolute Gasteiger partial charge is 0.232 e. The largest absolute Gasteiger partial charge is 0.381 e. The predicted molar refractivity (Wildman–Crippen MR) is 90.8 cm³/mol. The van der Waals surface area contributed by atoms with Gasteiger partial charge in [-0.25, -0.2) is 0 Å². The Balaban J connectivity index is 1.49. The number of ether oxygens (including phenoxy) is 1. The van der Waals surface area contributed by atoms with Gasteiger partial charge < -0.3 is 14.5 Å². The maximum atomic E-state index is 13.1. The Hall–Kier alpha value is -1.88. The minimum Gasteiger partial charge on any atom is -0.381 e. The molecule has 2 fully saturated rings. The summed E-state index contributed by atoms with van der Waals surface area (Å²) in [5.41, 5.74) is 2.27. The molecule has 0 spiro atoms. The predicted octanol–water partition coefficient (Wildman–Crippen LogP) is 1.99. The highest BCUT2D eigenvalue weighted by atomic mass is 16.5. The molecular formula is C19H24N2O3. The van der Waals surface area contributed by atoms with Crippen molar-refractivity contribution >= 4 is 17.5 Å². The van der Waals surface area contributed by atoms with E-state index in [-0.39, 0.29) is 23.8 Å². The van der Waals surface area contributed by atoms with Crippen LogP contribution in [0.15, 0.2) is 24.3 Å². The fourth-order valence-corrected chi connectivity index (χ4v) is 4.23. The van der Waals surface area contributed by atoms with Crippen LogP contribution in [0.3, 0.4) is 0 Å². The molecule has 3 heterocycles. The highest BCUT2D eigenvalue weighted by Gasteiger charge is 2.40. The summed E-state index contributed by atoms with van der Waals surface area (Å²) in [6.07, 6.45) is 4.15. The van der Waals surface area contributed by atoms with E-state index in [1.165, 1.54) is 5.56 Å². The summed E-state index contributed by atoms with van der Waals surface area (Å²) in [4.78, 5) is 29.3. The van der Waals surface area contributed by atoms with Gasteiger partial charge in [0.05, 0.1) is 5.92 Å². The first-order valence-electron chi connectivity index (χ1n) is 9.00. The van der Waals surface area contributed by atoms with Crippen LogP contribution in [0, 0.1) is 5.92 Å². The number of hydrogen-bond donors (Lipinski definition) is 0. The van der Waals surface area contributed by atoms with Gasteiger partial charge in [0.15, 0.2) is 0 Å². The summed E-state index contributed by atoms with van der Waals surface area (Å²) in [6, 6.07) is 8.39. The van der Waals surface area contributed by atoms with E-state index in [1.807, 2.05) is 28.0 Å². The molecule has 1 aromatic carbocycles. The topological polar surface area (TPSA) is 49.9 Å². The molecule has 0 N–H and O–H groups in total. The summed E-state index contributed by atoms with van der Waals surface area (Å²) < 4.78 is 5.39. The van der Waals surface area contributed by atoms with Gasteiger partial charge in [-0.05, 0) is 37.3 Å². The van der Waals surface area contributed by atoms with E-state index in [9.17, 15) is 9.59 Å². The van der Waals surface area contributed by atoms with E-state index >= 15 is 0 Å². The Bertz CT molecular complexity index is 639. The van der Waals surface area contributed by atoms with E-state index in [4.69, 9.17) is 4.74 Å². The number of carbonyl (C=O) groups is 2. The third-order valence-electron chi connectivity index (χ3n) is 5.52. The second kappa shape index (κ2) is 6.55. The Morgan fingerprint density at radius 1 is 1.17 bits per heavy atom. The number of fused-ring (bicyclic) bond motifs is 1. The maximum absolute atomic E-state index is 13.1. The van der Waals surface area contributed by atoms with Crippen LogP contribution in [-0.4, -0.2) is 49.1 Å². The van der Waals surface area contributed by atoms with Crippen molar-refractivity contribution < 1.29 is 14.3 Å². The van der Waals surface area contributed by atoms with Crippen molar-refractivity contribution in [2.24, 2.45) is 5.92 Å². The zero-order chi connectivity index (χ0) is 16.5. The lowest BCUT2D eigenvalue weighted by Gasteiger charge is -2.33. The second-order valence-corrected chi connectivity index (χ2v) is 7.01. The van der Waals surface area contributed by atoms with E-state index in [1.54, 1.807) is 0 Å². The van der Waals surface area contributed by atoms with Crippen molar-refractivity contribution in [3.8, 4) is 0 Å². The zero-order valence-electron chi connectivity index (χ0n) is 13.9. The Labute approximate surface area is 142 Å². The lowest BCUT2D eigenvalue weighted by atomic mass is 9.99. The Morgan fingerprint density at radius 2 is 1.96 bits per heavy atom. The fraction of sp³-hybridized carbons (Fsp3) is 0.579. The second-order valence-electron chi connectivity index (χ2n) is 7.01. The van der Waals surface area contributed by atoms with Gasteiger partial charge in [-0.3, -0.25) is 9.59 Å². The van der Waals surface area contributed by atoms with Gasteiger partial charge in [0.1, 0.15) is 0 Å². The highest BCUT2D eigenvalue weighted by molar-refractivity contribution is 5.99. The van der Waals surface area contributed by atoms with Gasteiger partial charge in [0.25, 0.3) is 0 Å². The number of rotatable bonds is 2. The molecular weight excluding hydrogens is 304 g/mol. The molecule has 5 heteroatoms. The van der Waals surface area contributed by atoms with Crippen molar-refractivity contribution in [1.29, 1.82) is 0 Å². The summed E-state index contributed by atoms with van der Waals surface area (Å²) in [5, 5.41) is 0. The number of nitrogens with zero attached hydrogens (tertiary/aromatic N) is 2. The van der Waals surface area contributed by atoms with Crippen LogP contribution in [0.1, 0.15) is 31.2 Å². The van der Waals surface area contributed by atoms with Crippen LogP contribution >= 0.6 is 0 Å². The maximum Gasteiger partial charge on any atom is 0.232 e. The molecule has 1 atom stereocenters. The lowest BCUT2D eigenvalue weighted by Crippen LogP contribution is -2.43. The zero-order valence-corrected chi connectivity index (χ0v) is 13.9. The van der Waals surface area contributed by atoms with Gasteiger partial charge in [-0.2, -0.15) is 0 Å². The third-order valence-corrected chi connectivity index (χ3v) is 5.52. The normalized spacial score (nSPS) is 25.0. The molecule has 0 radical (unpaired) electrons. The minimum absolute atomic E-state index is 0.116. The average molecular weight is 328 g/mol. The first-order valence-corrected chi connectivity index (χ1v) is 9.00. The van der Waals surface area contributed by atoms with E-state index in [0.29, 0.717) is 26.2 Å². The first-order chi connectivity index (χ1) is 11.7. The standard InChI is InChI=1S/C19H24N2O3/c22-18-12-15(13-21(18)16-7-10-24-11-8-16)19(23)20-9-3-5-14-4-1-2-6-17(14)20/h1-2,4,6,15-16H,3,5,7-13H2/t15-/m0/s1. The van der Waals surface area contributed by atoms with Crippen molar-refractivity contribution in [3.05, 3.63) is 29.8 Å². The number of para-hydroxylation sites is 1. The minimum atomic E-state index is -0.202. The SMILES string of the molecule is O=C([C@H]1CC(=O)N(C2CCOCC2)C1)N1CCCc2ccccc21. The number of aryl methyl sites for hydroxylation is 1. The van der Waals surface area contributed by atoms with Crippen molar-refractivity contribution in [1.82, 2.24) is 4.90 Å². The third kappa shape index (κ3) is 2.81. The molecule has 5 nitrogen and oxygen atoms in total. The summed E-state index contributed by atoms with van der Waals surface area (Å²) in [6.45, 7) is 2.76. The number of likely N-dealkylation sites (tertiary alicyclic amines) is 1. The molecule has 1 aromatic rings. The van der Waals surface area contributed by atoms with Gasteiger partial charge in [0.2, 0.25) is 11.8 Å².